The Kier molecular flexibility index (Phi) is 6.85. The Labute approximate surface area is 178 Å². The molecule has 0 aliphatic heterocycles. The zero-order valence-electron chi connectivity index (χ0n) is 19.8. The first-order chi connectivity index (χ1) is 13.1. The Hall–Kier alpha value is -1.09. The van der Waals surface area contributed by atoms with Gasteiger partial charge in [-0.2, -0.15) is 0 Å². The molecule has 0 amide bonds. The van der Waals surface area contributed by atoms with Gasteiger partial charge in [-0.15, -0.1) is 0 Å². The third kappa shape index (κ3) is 5.54. The van der Waals surface area contributed by atoms with E-state index in [4.69, 9.17) is 8.85 Å². The van der Waals surface area contributed by atoms with Crippen LogP contribution >= 0.6 is 0 Å². The molecule has 29 heavy (non-hydrogen) atoms. The first kappa shape index (κ1) is 24.2. The number of rotatable bonds is 6. The summed E-state index contributed by atoms with van der Waals surface area (Å²) in [5.41, 5.74) is 0.830. The lowest BCUT2D eigenvalue weighted by atomic mass is 10.0. The van der Waals surface area contributed by atoms with Crippen molar-refractivity contribution in [2.45, 2.75) is 83.9 Å². The molecule has 1 aromatic heterocycles. The second-order valence-electron chi connectivity index (χ2n) is 11.0. The van der Waals surface area contributed by atoms with E-state index in [1.807, 2.05) is 6.07 Å². The SMILES string of the molecule is CC(C)(C)[Si](C)(C)OCC(O[Si](C)(C)C(C)(C)C)c1cc(F)cc2ccncc12. The summed E-state index contributed by atoms with van der Waals surface area (Å²) in [6.07, 6.45) is 3.17. The third-order valence-electron chi connectivity index (χ3n) is 6.74. The molecule has 2 aromatic rings. The van der Waals surface area contributed by atoms with Crippen molar-refractivity contribution in [3.8, 4) is 0 Å². The van der Waals surface area contributed by atoms with E-state index in [9.17, 15) is 4.39 Å². The second kappa shape index (κ2) is 8.21. The van der Waals surface area contributed by atoms with Crippen molar-refractivity contribution < 1.29 is 13.2 Å². The predicted octanol–water partition coefficient (Wildman–Crippen LogP) is 7.46. The number of hydrogen-bond donors (Lipinski definition) is 0. The van der Waals surface area contributed by atoms with Crippen molar-refractivity contribution in [1.82, 2.24) is 4.98 Å². The molecule has 0 bridgehead atoms. The van der Waals surface area contributed by atoms with Gasteiger partial charge < -0.3 is 8.85 Å². The summed E-state index contributed by atoms with van der Waals surface area (Å²) in [5.74, 6) is -0.255. The van der Waals surface area contributed by atoms with E-state index < -0.39 is 16.6 Å². The van der Waals surface area contributed by atoms with Gasteiger partial charge in [0.05, 0.1) is 12.7 Å². The quantitative estimate of drug-likeness (QED) is 0.441. The molecule has 1 aromatic carbocycles. The lowest BCUT2D eigenvalue weighted by Crippen LogP contribution is -2.45. The molecule has 0 spiro atoms. The number of aromatic nitrogens is 1. The van der Waals surface area contributed by atoms with E-state index in [0.717, 1.165) is 16.3 Å². The van der Waals surface area contributed by atoms with Gasteiger partial charge in [0.15, 0.2) is 16.6 Å². The molecule has 3 nitrogen and oxygen atoms in total. The Balaban J connectivity index is 2.51. The Morgan fingerprint density at radius 2 is 1.55 bits per heavy atom. The van der Waals surface area contributed by atoms with Crippen LogP contribution in [0.25, 0.3) is 10.8 Å². The molecule has 2 rings (SSSR count). The van der Waals surface area contributed by atoms with Crippen molar-refractivity contribution in [2.24, 2.45) is 0 Å². The number of nitrogens with zero attached hydrogens (tertiary/aromatic N) is 1. The van der Waals surface area contributed by atoms with Crippen molar-refractivity contribution in [3.63, 3.8) is 0 Å². The molecule has 1 atom stereocenters. The van der Waals surface area contributed by atoms with Crippen LogP contribution in [0, 0.1) is 5.82 Å². The largest absolute Gasteiger partial charge is 0.414 e. The molecule has 0 aliphatic carbocycles. The molecule has 1 unspecified atom stereocenters. The smallest absolute Gasteiger partial charge is 0.193 e. The van der Waals surface area contributed by atoms with Crippen LogP contribution in [-0.4, -0.2) is 28.2 Å². The zero-order valence-corrected chi connectivity index (χ0v) is 21.8. The number of pyridine rings is 1. The summed E-state index contributed by atoms with van der Waals surface area (Å²) < 4.78 is 27.8. The van der Waals surface area contributed by atoms with Gasteiger partial charge in [-0.3, -0.25) is 4.98 Å². The number of hydrogen-bond acceptors (Lipinski definition) is 3. The van der Waals surface area contributed by atoms with E-state index in [2.05, 4.69) is 72.7 Å². The van der Waals surface area contributed by atoms with Crippen LogP contribution in [0.5, 0.6) is 0 Å². The zero-order chi connectivity index (χ0) is 22.3. The summed E-state index contributed by atoms with van der Waals surface area (Å²) in [7, 11) is -4.08. The van der Waals surface area contributed by atoms with Gasteiger partial charge in [0.1, 0.15) is 5.82 Å². The van der Waals surface area contributed by atoms with Gasteiger partial charge in [-0.1, -0.05) is 41.5 Å². The first-order valence-electron chi connectivity index (χ1n) is 10.4. The maximum Gasteiger partial charge on any atom is 0.193 e. The highest BCUT2D eigenvalue weighted by atomic mass is 28.4. The summed E-state index contributed by atoms with van der Waals surface area (Å²) in [6.45, 7) is 22.7. The number of halogens is 1. The predicted molar refractivity (Wildman–Crippen MR) is 126 cm³/mol. The van der Waals surface area contributed by atoms with Gasteiger partial charge in [0, 0.05) is 17.8 Å². The van der Waals surface area contributed by atoms with E-state index >= 15 is 0 Å². The highest BCUT2D eigenvalue weighted by Gasteiger charge is 2.42. The summed E-state index contributed by atoms with van der Waals surface area (Å²) in [6, 6.07) is 5.00. The van der Waals surface area contributed by atoms with Crippen molar-refractivity contribution >= 4 is 27.4 Å². The van der Waals surface area contributed by atoms with Crippen molar-refractivity contribution in [3.05, 3.63) is 42.0 Å². The highest BCUT2D eigenvalue weighted by Crippen LogP contribution is 2.42. The van der Waals surface area contributed by atoms with Crippen LogP contribution in [-0.2, 0) is 8.85 Å². The minimum Gasteiger partial charge on any atom is -0.414 e. The average Bonchev–Trinajstić information content (AvgIpc) is 2.55. The first-order valence-corrected chi connectivity index (χ1v) is 16.2. The molecule has 6 heteroatoms. The van der Waals surface area contributed by atoms with Crippen LogP contribution in [0.1, 0.15) is 53.2 Å². The normalized spacial score (nSPS) is 15.0. The molecule has 0 aliphatic rings. The molecule has 0 N–H and O–H groups in total. The van der Waals surface area contributed by atoms with Crippen LogP contribution in [0.3, 0.4) is 0 Å². The van der Waals surface area contributed by atoms with Crippen LogP contribution < -0.4 is 0 Å². The van der Waals surface area contributed by atoms with Crippen LogP contribution in [0.4, 0.5) is 4.39 Å². The van der Waals surface area contributed by atoms with Crippen molar-refractivity contribution in [2.75, 3.05) is 6.61 Å². The lowest BCUT2D eigenvalue weighted by molar-refractivity contribution is 0.109. The van der Waals surface area contributed by atoms with E-state index in [0.29, 0.717) is 6.61 Å². The Morgan fingerprint density at radius 1 is 0.966 bits per heavy atom. The summed E-state index contributed by atoms with van der Waals surface area (Å²) in [5, 5.41) is 1.91. The number of fused-ring (bicyclic) bond motifs is 1. The van der Waals surface area contributed by atoms with Gasteiger partial charge in [-0.25, -0.2) is 4.39 Å². The Bertz CT molecular complexity index is 854. The fourth-order valence-corrected chi connectivity index (χ4v) is 4.94. The summed E-state index contributed by atoms with van der Waals surface area (Å²) >= 11 is 0. The standard InChI is InChI=1S/C23H38FNO2Si2/c1-22(2,3)28(7,8)26-16-21(27-29(9,10)23(4,5)6)19-14-18(24)13-17-11-12-25-15-20(17)19/h11-15,21H,16H2,1-10H3. The van der Waals surface area contributed by atoms with Gasteiger partial charge in [0.2, 0.25) is 0 Å². The molecule has 1 heterocycles. The van der Waals surface area contributed by atoms with Crippen LogP contribution in [0.2, 0.25) is 36.3 Å². The van der Waals surface area contributed by atoms with Gasteiger partial charge >= 0.3 is 0 Å². The fraction of sp³-hybridized carbons (Fsp3) is 0.609. The topological polar surface area (TPSA) is 31.4 Å². The molecule has 0 saturated heterocycles. The second-order valence-corrected chi connectivity index (χ2v) is 20.6. The monoisotopic (exact) mass is 435 g/mol. The molecular formula is C23H38FNO2Si2. The van der Waals surface area contributed by atoms with E-state index in [1.54, 1.807) is 24.5 Å². The molecule has 0 saturated carbocycles. The maximum atomic E-state index is 14.5. The fourth-order valence-electron chi connectivity index (χ4n) is 2.68. The average molecular weight is 436 g/mol. The van der Waals surface area contributed by atoms with Crippen molar-refractivity contribution in [1.29, 1.82) is 0 Å². The van der Waals surface area contributed by atoms with Gasteiger partial charge in [0.25, 0.3) is 0 Å². The Morgan fingerprint density at radius 3 is 2.10 bits per heavy atom. The molecule has 162 valence electrons. The maximum absolute atomic E-state index is 14.5. The lowest BCUT2D eigenvalue weighted by Gasteiger charge is -2.42. The minimum atomic E-state index is -2.11. The highest BCUT2D eigenvalue weighted by molar-refractivity contribution is 6.74. The minimum absolute atomic E-state index is 0.0452. The third-order valence-corrected chi connectivity index (χ3v) is 15.7. The van der Waals surface area contributed by atoms with E-state index in [1.165, 1.54) is 0 Å². The summed E-state index contributed by atoms with van der Waals surface area (Å²) in [4.78, 5) is 4.28. The van der Waals surface area contributed by atoms with Crippen LogP contribution in [0.15, 0.2) is 30.6 Å². The number of benzene rings is 1. The molecular weight excluding hydrogens is 397 g/mol. The van der Waals surface area contributed by atoms with Gasteiger partial charge in [-0.05, 0) is 65.4 Å². The molecule has 0 radical (unpaired) electrons. The van der Waals surface area contributed by atoms with E-state index in [-0.39, 0.29) is 22.0 Å². The molecule has 0 fully saturated rings.